The molecule has 0 aliphatic carbocycles. The number of benzene rings is 2. The third-order valence-electron chi connectivity index (χ3n) is 2.91. The summed E-state index contributed by atoms with van der Waals surface area (Å²) in [6, 6.07) is 12.7. The second-order valence-electron chi connectivity index (χ2n) is 4.55. The summed E-state index contributed by atoms with van der Waals surface area (Å²) in [7, 11) is 0. The van der Waals surface area contributed by atoms with Gasteiger partial charge in [-0.05, 0) is 52.7 Å². The molecule has 2 rings (SSSR count). The average Bonchev–Trinajstić information content (AvgIpc) is 2.49. The van der Waals surface area contributed by atoms with E-state index in [2.05, 4.69) is 33.5 Å². The van der Waals surface area contributed by atoms with E-state index in [-0.39, 0.29) is 5.91 Å². The number of carbonyl (C=O) groups is 1. The number of rotatable bonds is 5. The maximum Gasteiger partial charge on any atom is 0.257 e. The van der Waals surface area contributed by atoms with Gasteiger partial charge in [0.2, 0.25) is 0 Å². The van der Waals surface area contributed by atoms with Gasteiger partial charge in [0.15, 0.2) is 0 Å². The molecule has 0 bridgehead atoms. The molecule has 21 heavy (non-hydrogen) atoms. The van der Waals surface area contributed by atoms with Crippen LogP contribution in [-0.2, 0) is 0 Å². The van der Waals surface area contributed by atoms with Crippen molar-refractivity contribution in [2.75, 3.05) is 17.2 Å². The number of amides is 1. The second-order valence-corrected chi connectivity index (χ2v) is 5.84. The first-order valence-corrected chi connectivity index (χ1v) is 7.88. The Morgan fingerprint density at radius 2 is 1.95 bits per heavy atom. The fourth-order valence-corrected chi connectivity index (χ4v) is 2.40. The van der Waals surface area contributed by atoms with Crippen molar-refractivity contribution in [3.8, 4) is 0 Å². The summed E-state index contributed by atoms with van der Waals surface area (Å²) in [6.07, 6.45) is 0.996. The fourth-order valence-electron chi connectivity index (χ4n) is 1.88. The minimum absolute atomic E-state index is 0.169. The SMILES string of the molecule is CCCNc1ccccc1C(=O)Nc1cc(Cl)ccc1Br. The zero-order chi connectivity index (χ0) is 15.2. The van der Waals surface area contributed by atoms with E-state index >= 15 is 0 Å². The summed E-state index contributed by atoms with van der Waals surface area (Å²) in [5, 5.41) is 6.71. The molecule has 0 aliphatic heterocycles. The van der Waals surface area contributed by atoms with Gasteiger partial charge in [-0.2, -0.15) is 0 Å². The maximum atomic E-state index is 12.4. The number of halogens is 2. The van der Waals surface area contributed by atoms with Crippen molar-refractivity contribution in [2.24, 2.45) is 0 Å². The summed E-state index contributed by atoms with van der Waals surface area (Å²) < 4.78 is 0.791. The van der Waals surface area contributed by atoms with E-state index in [0.29, 0.717) is 16.3 Å². The van der Waals surface area contributed by atoms with E-state index in [1.807, 2.05) is 18.2 Å². The molecule has 0 unspecified atom stereocenters. The summed E-state index contributed by atoms with van der Waals surface area (Å²) in [5.41, 5.74) is 2.09. The van der Waals surface area contributed by atoms with Crippen LogP contribution < -0.4 is 10.6 Å². The molecule has 0 atom stereocenters. The van der Waals surface area contributed by atoms with Crippen LogP contribution in [0.25, 0.3) is 0 Å². The number of hydrogen-bond donors (Lipinski definition) is 2. The van der Waals surface area contributed by atoms with E-state index < -0.39 is 0 Å². The van der Waals surface area contributed by atoms with Gasteiger partial charge in [-0.15, -0.1) is 0 Å². The molecule has 0 aromatic heterocycles. The molecule has 0 saturated carbocycles. The van der Waals surface area contributed by atoms with Gasteiger partial charge in [-0.3, -0.25) is 4.79 Å². The quantitative estimate of drug-likeness (QED) is 0.765. The normalized spacial score (nSPS) is 10.2. The number of para-hydroxylation sites is 1. The largest absolute Gasteiger partial charge is 0.384 e. The first-order chi connectivity index (χ1) is 10.1. The smallest absolute Gasteiger partial charge is 0.257 e. The Morgan fingerprint density at radius 3 is 2.71 bits per heavy atom. The molecule has 2 N–H and O–H groups in total. The van der Waals surface area contributed by atoms with Gasteiger partial charge in [0, 0.05) is 21.7 Å². The maximum absolute atomic E-state index is 12.4. The van der Waals surface area contributed by atoms with Crippen molar-refractivity contribution >= 4 is 44.8 Å². The number of anilines is 2. The van der Waals surface area contributed by atoms with Crippen LogP contribution in [0, 0.1) is 0 Å². The Labute approximate surface area is 137 Å². The van der Waals surface area contributed by atoms with Gasteiger partial charge >= 0.3 is 0 Å². The Kier molecular flexibility index (Phi) is 5.65. The lowest BCUT2D eigenvalue weighted by molar-refractivity contribution is 0.102. The molecule has 0 radical (unpaired) electrons. The van der Waals surface area contributed by atoms with Gasteiger partial charge in [0.1, 0.15) is 0 Å². The lowest BCUT2D eigenvalue weighted by Crippen LogP contribution is -2.15. The van der Waals surface area contributed by atoms with Gasteiger partial charge in [0.05, 0.1) is 11.3 Å². The fraction of sp³-hybridized carbons (Fsp3) is 0.188. The van der Waals surface area contributed by atoms with Crippen molar-refractivity contribution in [3.05, 3.63) is 57.5 Å². The lowest BCUT2D eigenvalue weighted by atomic mass is 10.1. The molecule has 1 amide bonds. The van der Waals surface area contributed by atoms with Crippen LogP contribution in [0.1, 0.15) is 23.7 Å². The van der Waals surface area contributed by atoms with Crippen LogP contribution >= 0.6 is 27.5 Å². The van der Waals surface area contributed by atoms with Crippen molar-refractivity contribution < 1.29 is 4.79 Å². The Hall–Kier alpha value is -1.52. The van der Waals surface area contributed by atoms with Crippen LogP contribution in [-0.4, -0.2) is 12.5 Å². The van der Waals surface area contributed by atoms with E-state index in [9.17, 15) is 4.79 Å². The van der Waals surface area contributed by atoms with Crippen LogP contribution in [0.3, 0.4) is 0 Å². The molecule has 110 valence electrons. The molecule has 0 saturated heterocycles. The zero-order valence-corrected chi connectivity index (χ0v) is 14.0. The highest BCUT2D eigenvalue weighted by Gasteiger charge is 2.12. The zero-order valence-electron chi connectivity index (χ0n) is 11.6. The predicted octanol–water partition coefficient (Wildman–Crippen LogP) is 5.18. The number of carbonyl (C=O) groups excluding carboxylic acids is 1. The monoisotopic (exact) mass is 366 g/mol. The standard InChI is InChI=1S/C16H16BrClN2O/c1-2-9-19-14-6-4-3-5-12(14)16(21)20-15-10-11(18)7-8-13(15)17/h3-8,10,19H,2,9H2,1H3,(H,20,21). The molecule has 0 heterocycles. The Balaban J connectivity index is 2.22. The third-order valence-corrected chi connectivity index (χ3v) is 3.84. The van der Waals surface area contributed by atoms with E-state index in [4.69, 9.17) is 11.6 Å². The molecular weight excluding hydrogens is 352 g/mol. The molecule has 5 heteroatoms. The van der Waals surface area contributed by atoms with Crippen molar-refractivity contribution in [1.82, 2.24) is 0 Å². The first-order valence-electron chi connectivity index (χ1n) is 6.71. The van der Waals surface area contributed by atoms with Crippen molar-refractivity contribution in [2.45, 2.75) is 13.3 Å². The molecule has 2 aromatic rings. The number of hydrogen-bond acceptors (Lipinski definition) is 2. The van der Waals surface area contributed by atoms with Gasteiger partial charge in [-0.25, -0.2) is 0 Å². The number of nitrogens with one attached hydrogen (secondary N) is 2. The van der Waals surface area contributed by atoms with E-state index in [0.717, 1.165) is 23.1 Å². The highest BCUT2D eigenvalue weighted by atomic mass is 79.9. The lowest BCUT2D eigenvalue weighted by Gasteiger charge is -2.12. The van der Waals surface area contributed by atoms with Crippen LogP contribution in [0.2, 0.25) is 5.02 Å². The van der Waals surface area contributed by atoms with Gasteiger partial charge < -0.3 is 10.6 Å². The Morgan fingerprint density at radius 1 is 1.19 bits per heavy atom. The highest BCUT2D eigenvalue weighted by Crippen LogP contribution is 2.27. The summed E-state index contributed by atoms with van der Waals surface area (Å²) in [6.45, 7) is 2.91. The summed E-state index contributed by atoms with van der Waals surface area (Å²) >= 11 is 9.36. The molecule has 0 spiro atoms. The van der Waals surface area contributed by atoms with Crippen molar-refractivity contribution in [1.29, 1.82) is 0 Å². The summed E-state index contributed by atoms with van der Waals surface area (Å²) in [4.78, 5) is 12.4. The molecular formula is C16H16BrClN2O. The van der Waals surface area contributed by atoms with E-state index in [1.165, 1.54) is 0 Å². The first kappa shape index (κ1) is 15.9. The molecule has 3 nitrogen and oxygen atoms in total. The van der Waals surface area contributed by atoms with Crippen LogP contribution in [0.5, 0.6) is 0 Å². The van der Waals surface area contributed by atoms with Crippen LogP contribution in [0.15, 0.2) is 46.9 Å². The molecule has 0 aliphatic rings. The predicted molar refractivity (Wildman–Crippen MR) is 92.3 cm³/mol. The molecule has 0 fully saturated rings. The second kappa shape index (κ2) is 7.48. The molecule has 2 aromatic carbocycles. The van der Waals surface area contributed by atoms with Crippen LogP contribution in [0.4, 0.5) is 11.4 Å². The Bertz CT molecular complexity index is 646. The van der Waals surface area contributed by atoms with Crippen molar-refractivity contribution in [3.63, 3.8) is 0 Å². The summed E-state index contributed by atoms with van der Waals surface area (Å²) in [5.74, 6) is -0.169. The topological polar surface area (TPSA) is 41.1 Å². The minimum atomic E-state index is -0.169. The minimum Gasteiger partial charge on any atom is -0.384 e. The van der Waals surface area contributed by atoms with Gasteiger partial charge in [0.25, 0.3) is 5.91 Å². The highest BCUT2D eigenvalue weighted by molar-refractivity contribution is 9.10. The van der Waals surface area contributed by atoms with Gasteiger partial charge in [-0.1, -0.05) is 30.7 Å². The third kappa shape index (κ3) is 4.22. The van der Waals surface area contributed by atoms with E-state index in [1.54, 1.807) is 24.3 Å². The average molecular weight is 368 g/mol.